The van der Waals surface area contributed by atoms with E-state index in [1.165, 1.54) is 11.1 Å². The van der Waals surface area contributed by atoms with Crippen molar-refractivity contribution < 1.29 is 9.53 Å². The molecule has 4 nitrogen and oxygen atoms in total. The summed E-state index contributed by atoms with van der Waals surface area (Å²) in [6, 6.07) is 6.12. The predicted octanol–water partition coefficient (Wildman–Crippen LogP) is 2.14. The summed E-state index contributed by atoms with van der Waals surface area (Å²) in [4.78, 5) is 13.8. The highest BCUT2D eigenvalue weighted by Crippen LogP contribution is 2.16. The number of aryl methyl sites for hydroxylation is 2. The molecule has 1 aromatic rings. The number of carbonyl (C=O) groups is 1. The quantitative estimate of drug-likeness (QED) is 0.867. The molecule has 0 bridgehead atoms. The summed E-state index contributed by atoms with van der Waals surface area (Å²) in [6.45, 7) is 8.89. The second-order valence-electron chi connectivity index (χ2n) is 5.77. The van der Waals surface area contributed by atoms with Crippen molar-refractivity contribution in [3.63, 3.8) is 0 Å². The number of ether oxygens (including phenoxy) is 1. The van der Waals surface area contributed by atoms with Gasteiger partial charge in [0.25, 0.3) is 0 Å². The van der Waals surface area contributed by atoms with E-state index >= 15 is 0 Å². The van der Waals surface area contributed by atoms with Crippen LogP contribution in [0.5, 0.6) is 5.75 Å². The minimum Gasteiger partial charge on any atom is -0.492 e. The summed E-state index contributed by atoms with van der Waals surface area (Å²) in [5.41, 5.74) is 1.82. The molecule has 0 radical (unpaired) electrons. The Hall–Kier alpha value is -1.55. The van der Waals surface area contributed by atoms with Gasteiger partial charge in [-0.05, 0) is 58.0 Å². The summed E-state index contributed by atoms with van der Waals surface area (Å²) >= 11 is 0. The Bertz CT molecular complexity index is 449. The lowest BCUT2D eigenvalue weighted by molar-refractivity contribution is -0.135. The van der Waals surface area contributed by atoms with Gasteiger partial charge in [0.2, 0.25) is 5.91 Å². The van der Waals surface area contributed by atoms with Crippen LogP contribution in [0, 0.1) is 13.8 Å². The van der Waals surface area contributed by atoms with Crippen LogP contribution in [-0.4, -0.2) is 43.6 Å². The average Bonchev–Trinajstić information content (AvgIpc) is 2.36. The van der Waals surface area contributed by atoms with E-state index in [1.54, 1.807) is 19.0 Å². The fourth-order valence-corrected chi connectivity index (χ4v) is 2.00. The van der Waals surface area contributed by atoms with Gasteiger partial charge in [-0.3, -0.25) is 4.79 Å². The van der Waals surface area contributed by atoms with E-state index in [9.17, 15) is 4.79 Å². The normalized spacial score (nSPS) is 11.3. The minimum absolute atomic E-state index is 0.0593. The maximum atomic E-state index is 12.2. The van der Waals surface area contributed by atoms with Crippen LogP contribution < -0.4 is 10.1 Å². The summed E-state index contributed by atoms with van der Waals surface area (Å²) in [5.74, 6) is 0.917. The molecule has 0 saturated carbocycles. The average molecular weight is 278 g/mol. The van der Waals surface area contributed by atoms with Crippen molar-refractivity contribution in [2.75, 3.05) is 27.2 Å². The van der Waals surface area contributed by atoms with E-state index < -0.39 is 5.54 Å². The smallest absolute Gasteiger partial charge is 0.242 e. The van der Waals surface area contributed by atoms with Crippen LogP contribution >= 0.6 is 0 Å². The highest BCUT2D eigenvalue weighted by molar-refractivity contribution is 5.85. The lowest BCUT2D eigenvalue weighted by Gasteiger charge is -2.28. The summed E-state index contributed by atoms with van der Waals surface area (Å²) in [7, 11) is 3.59. The Morgan fingerprint density at radius 2 is 1.80 bits per heavy atom. The zero-order valence-corrected chi connectivity index (χ0v) is 13.4. The highest BCUT2D eigenvalue weighted by Gasteiger charge is 2.28. The number of carbonyl (C=O) groups excluding carboxylic acids is 1. The fourth-order valence-electron chi connectivity index (χ4n) is 2.00. The van der Waals surface area contributed by atoms with Gasteiger partial charge in [0.1, 0.15) is 12.4 Å². The number of benzene rings is 1. The van der Waals surface area contributed by atoms with E-state index in [0.29, 0.717) is 13.2 Å². The molecule has 0 heterocycles. The molecule has 1 N–H and O–H groups in total. The largest absolute Gasteiger partial charge is 0.492 e. The maximum absolute atomic E-state index is 12.2. The van der Waals surface area contributed by atoms with Crippen LogP contribution in [0.4, 0.5) is 0 Å². The molecule has 1 rings (SSSR count). The van der Waals surface area contributed by atoms with Crippen molar-refractivity contribution >= 4 is 5.91 Å². The molecule has 1 amide bonds. The van der Waals surface area contributed by atoms with Gasteiger partial charge in [-0.15, -0.1) is 0 Å². The Labute approximate surface area is 122 Å². The Morgan fingerprint density at radius 1 is 1.25 bits per heavy atom. The third-order valence-corrected chi connectivity index (χ3v) is 3.40. The highest BCUT2D eigenvalue weighted by atomic mass is 16.5. The minimum atomic E-state index is -0.547. The monoisotopic (exact) mass is 278 g/mol. The molecule has 0 saturated heterocycles. The first kappa shape index (κ1) is 16.5. The number of nitrogens with zero attached hydrogens (tertiary/aromatic N) is 1. The molecule has 4 heteroatoms. The molecule has 112 valence electrons. The molecule has 0 aliphatic carbocycles. The molecule has 0 aromatic heterocycles. The first-order valence-electron chi connectivity index (χ1n) is 6.92. The van der Waals surface area contributed by atoms with E-state index in [4.69, 9.17) is 4.74 Å². The maximum Gasteiger partial charge on any atom is 0.242 e. The van der Waals surface area contributed by atoms with Crippen molar-refractivity contribution in [1.82, 2.24) is 10.2 Å². The molecule has 0 fully saturated rings. The predicted molar refractivity (Wildman–Crippen MR) is 82.2 cm³/mol. The number of amides is 1. The van der Waals surface area contributed by atoms with Crippen molar-refractivity contribution in [3.8, 4) is 5.75 Å². The van der Waals surface area contributed by atoms with Gasteiger partial charge in [-0.25, -0.2) is 0 Å². The van der Waals surface area contributed by atoms with Crippen LogP contribution in [-0.2, 0) is 4.79 Å². The molecular weight excluding hydrogens is 252 g/mol. The Kier molecular flexibility index (Phi) is 5.57. The lowest BCUT2D eigenvalue weighted by atomic mass is 10.0. The van der Waals surface area contributed by atoms with Crippen molar-refractivity contribution in [2.24, 2.45) is 0 Å². The van der Waals surface area contributed by atoms with Crippen LogP contribution in [0.3, 0.4) is 0 Å². The molecule has 0 atom stereocenters. The van der Waals surface area contributed by atoms with Crippen LogP contribution in [0.1, 0.15) is 25.0 Å². The SMILES string of the molecule is CNC(C)(C)C(=O)N(C)CCOc1cc(C)cc(C)c1. The van der Waals surface area contributed by atoms with Gasteiger partial charge in [-0.2, -0.15) is 0 Å². The van der Waals surface area contributed by atoms with Gasteiger partial charge < -0.3 is 15.0 Å². The summed E-state index contributed by atoms with van der Waals surface area (Å²) < 4.78 is 5.72. The zero-order chi connectivity index (χ0) is 15.3. The second-order valence-corrected chi connectivity index (χ2v) is 5.77. The van der Waals surface area contributed by atoms with Crippen LogP contribution in [0.2, 0.25) is 0 Å². The van der Waals surface area contributed by atoms with Gasteiger partial charge in [-0.1, -0.05) is 6.07 Å². The second kappa shape index (κ2) is 6.75. The first-order valence-corrected chi connectivity index (χ1v) is 6.92. The zero-order valence-electron chi connectivity index (χ0n) is 13.4. The van der Waals surface area contributed by atoms with E-state index in [1.807, 2.05) is 39.8 Å². The van der Waals surface area contributed by atoms with Crippen molar-refractivity contribution in [1.29, 1.82) is 0 Å². The Balaban J connectivity index is 2.50. The van der Waals surface area contributed by atoms with Crippen molar-refractivity contribution in [3.05, 3.63) is 29.3 Å². The molecular formula is C16H26N2O2. The standard InChI is InChI=1S/C16H26N2O2/c1-12-9-13(2)11-14(10-12)20-8-7-18(6)15(19)16(3,4)17-5/h9-11,17H,7-8H2,1-6H3. The molecule has 0 aliphatic heterocycles. The van der Waals surface area contributed by atoms with Crippen molar-refractivity contribution in [2.45, 2.75) is 33.2 Å². The van der Waals surface area contributed by atoms with Gasteiger partial charge in [0.15, 0.2) is 0 Å². The number of nitrogens with one attached hydrogen (secondary N) is 1. The number of hydrogen-bond acceptors (Lipinski definition) is 3. The Morgan fingerprint density at radius 3 is 2.30 bits per heavy atom. The number of hydrogen-bond donors (Lipinski definition) is 1. The number of rotatable bonds is 6. The number of likely N-dealkylation sites (N-methyl/N-ethyl adjacent to an activating group) is 2. The summed E-state index contributed by atoms with van der Waals surface area (Å²) in [6.07, 6.45) is 0. The molecule has 0 aliphatic rings. The first-order chi connectivity index (χ1) is 9.26. The molecule has 1 aromatic carbocycles. The molecule has 20 heavy (non-hydrogen) atoms. The van der Waals surface area contributed by atoms with E-state index in [-0.39, 0.29) is 5.91 Å². The third kappa shape index (κ3) is 4.53. The van der Waals surface area contributed by atoms with Gasteiger partial charge in [0, 0.05) is 7.05 Å². The summed E-state index contributed by atoms with van der Waals surface area (Å²) in [5, 5.41) is 3.01. The molecule has 0 unspecified atom stereocenters. The van der Waals surface area contributed by atoms with E-state index in [0.717, 1.165) is 5.75 Å². The van der Waals surface area contributed by atoms with Crippen LogP contribution in [0.25, 0.3) is 0 Å². The van der Waals surface area contributed by atoms with Gasteiger partial charge >= 0.3 is 0 Å². The van der Waals surface area contributed by atoms with Gasteiger partial charge in [0.05, 0.1) is 12.1 Å². The topological polar surface area (TPSA) is 41.6 Å². The van der Waals surface area contributed by atoms with E-state index in [2.05, 4.69) is 11.4 Å². The molecule has 0 spiro atoms. The lowest BCUT2D eigenvalue weighted by Crippen LogP contribution is -2.52. The third-order valence-electron chi connectivity index (χ3n) is 3.40. The fraction of sp³-hybridized carbons (Fsp3) is 0.562. The van der Waals surface area contributed by atoms with Crippen LogP contribution in [0.15, 0.2) is 18.2 Å².